The first-order chi connectivity index (χ1) is 14.7. The molecule has 4 rings (SSSR count). The van der Waals surface area contributed by atoms with Crippen molar-refractivity contribution in [2.24, 2.45) is 0 Å². The molecule has 0 N–H and O–H groups in total. The van der Waals surface area contributed by atoms with Gasteiger partial charge in [-0.15, -0.1) is 5.10 Å². The van der Waals surface area contributed by atoms with Crippen molar-refractivity contribution in [3.05, 3.63) is 83.7 Å². The van der Waals surface area contributed by atoms with Crippen LogP contribution in [0.3, 0.4) is 0 Å². The summed E-state index contributed by atoms with van der Waals surface area (Å²) in [5, 5.41) is 12.7. The van der Waals surface area contributed by atoms with E-state index in [0.29, 0.717) is 0 Å². The number of hydrogen-bond acceptors (Lipinski definition) is 5. The van der Waals surface area contributed by atoms with Crippen LogP contribution in [-0.4, -0.2) is 62.7 Å². The zero-order valence-corrected chi connectivity index (χ0v) is 17.8. The van der Waals surface area contributed by atoms with Crippen molar-refractivity contribution in [1.82, 2.24) is 30.0 Å². The van der Waals surface area contributed by atoms with E-state index in [1.807, 2.05) is 4.68 Å². The Morgan fingerprint density at radius 1 is 0.900 bits per heavy atom. The predicted octanol–water partition coefficient (Wildman–Crippen LogP) is 3.67. The molecule has 0 radical (unpaired) electrons. The maximum atomic E-state index is 4.43. The molecule has 3 aromatic rings. The van der Waals surface area contributed by atoms with Crippen LogP contribution < -0.4 is 0 Å². The zero-order valence-electron chi connectivity index (χ0n) is 17.8. The van der Waals surface area contributed by atoms with Crippen molar-refractivity contribution < 1.29 is 0 Å². The Labute approximate surface area is 178 Å². The van der Waals surface area contributed by atoms with E-state index in [-0.39, 0.29) is 12.1 Å². The van der Waals surface area contributed by atoms with Crippen LogP contribution in [0.25, 0.3) is 6.08 Å². The van der Waals surface area contributed by atoms with Gasteiger partial charge in [0.2, 0.25) is 0 Å². The largest absolute Gasteiger partial charge is 0.297 e. The van der Waals surface area contributed by atoms with Gasteiger partial charge in [0.05, 0.1) is 12.1 Å². The smallest absolute Gasteiger partial charge is 0.173 e. The van der Waals surface area contributed by atoms with Gasteiger partial charge in [-0.05, 0) is 35.4 Å². The summed E-state index contributed by atoms with van der Waals surface area (Å²) in [4.78, 5) is 5.01. The highest BCUT2D eigenvalue weighted by Gasteiger charge is 2.30. The molecule has 1 aromatic heterocycles. The summed E-state index contributed by atoms with van der Waals surface area (Å²) in [6, 6.07) is 21.4. The number of rotatable bonds is 7. The van der Waals surface area contributed by atoms with Crippen LogP contribution in [0.4, 0.5) is 0 Å². The highest BCUT2D eigenvalue weighted by molar-refractivity contribution is 5.48. The summed E-state index contributed by atoms with van der Waals surface area (Å²) >= 11 is 0. The first kappa shape index (κ1) is 20.4. The third kappa shape index (κ3) is 4.83. The fraction of sp³-hybridized carbons (Fsp3) is 0.375. The molecule has 30 heavy (non-hydrogen) atoms. The minimum absolute atomic E-state index is 0.0746. The van der Waals surface area contributed by atoms with Crippen molar-refractivity contribution in [2.45, 2.75) is 25.9 Å². The lowest BCUT2D eigenvalue weighted by atomic mass is 10.0. The monoisotopic (exact) mass is 402 g/mol. The summed E-state index contributed by atoms with van der Waals surface area (Å²) in [5.74, 6) is 0.925. The van der Waals surface area contributed by atoms with Gasteiger partial charge in [-0.1, -0.05) is 72.8 Å². The lowest BCUT2D eigenvalue weighted by Crippen LogP contribution is -2.48. The van der Waals surface area contributed by atoms with E-state index in [4.69, 9.17) is 0 Å². The van der Waals surface area contributed by atoms with Crippen LogP contribution in [0.5, 0.6) is 0 Å². The van der Waals surface area contributed by atoms with Gasteiger partial charge in [0, 0.05) is 32.7 Å². The van der Waals surface area contributed by atoms with E-state index >= 15 is 0 Å². The van der Waals surface area contributed by atoms with Gasteiger partial charge in [-0.3, -0.25) is 9.80 Å². The summed E-state index contributed by atoms with van der Waals surface area (Å²) in [6.45, 7) is 9.27. The molecule has 0 spiro atoms. The number of hydrogen-bond donors (Lipinski definition) is 0. The summed E-state index contributed by atoms with van der Waals surface area (Å²) in [6.07, 6.45) is 4.47. The normalized spacial score (nSPS) is 17.0. The van der Waals surface area contributed by atoms with E-state index in [2.05, 4.69) is 112 Å². The minimum Gasteiger partial charge on any atom is -0.297 e. The van der Waals surface area contributed by atoms with E-state index in [1.165, 1.54) is 11.1 Å². The van der Waals surface area contributed by atoms with Crippen LogP contribution in [0, 0.1) is 0 Å². The molecule has 0 aliphatic carbocycles. The molecular formula is C24H30N6. The molecule has 1 atom stereocenters. The van der Waals surface area contributed by atoms with Crippen LogP contribution in [0.15, 0.2) is 66.7 Å². The predicted molar refractivity (Wildman–Crippen MR) is 120 cm³/mol. The van der Waals surface area contributed by atoms with E-state index < -0.39 is 0 Å². The second kappa shape index (κ2) is 9.78. The van der Waals surface area contributed by atoms with Gasteiger partial charge in [0.25, 0.3) is 0 Å². The maximum Gasteiger partial charge on any atom is 0.173 e. The summed E-state index contributed by atoms with van der Waals surface area (Å²) < 4.78 is 1.95. The van der Waals surface area contributed by atoms with Gasteiger partial charge in [-0.25, -0.2) is 4.68 Å². The fourth-order valence-electron chi connectivity index (χ4n) is 4.01. The van der Waals surface area contributed by atoms with Gasteiger partial charge in [0.15, 0.2) is 5.82 Å². The van der Waals surface area contributed by atoms with E-state index in [1.54, 1.807) is 0 Å². The van der Waals surface area contributed by atoms with Gasteiger partial charge >= 0.3 is 0 Å². The van der Waals surface area contributed by atoms with Crippen molar-refractivity contribution >= 4 is 6.08 Å². The average molecular weight is 403 g/mol. The molecule has 1 fully saturated rings. The SMILES string of the molecule is CC(C)n1nnnc1[C@H](c1ccccc1)N1CCN(C/C=C/c2ccccc2)CC1. The molecule has 0 amide bonds. The van der Waals surface area contributed by atoms with Crippen molar-refractivity contribution in [2.75, 3.05) is 32.7 Å². The van der Waals surface area contributed by atoms with Gasteiger partial charge in [-0.2, -0.15) is 0 Å². The molecule has 0 saturated carbocycles. The standard InChI is InChI=1S/C24H30N6/c1-20(2)30-24(25-26-27-30)23(22-13-7-4-8-14-22)29-18-16-28(17-19-29)15-9-12-21-10-5-3-6-11-21/h3-14,20,23H,15-19H2,1-2H3/b12-9+/t23-/m0/s1. The molecule has 6 heteroatoms. The Hall–Kier alpha value is -2.83. The zero-order chi connectivity index (χ0) is 20.8. The molecule has 6 nitrogen and oxygen atoms in total. The molecule has 156 valence electrons. The fourth-order valence-corrected chi connectivity index (χ4v) is 4.01. The number of piperazine rings is 1. The topological polar surface area (TPSA) is 50.1 Å². The Morgan fingerprint density at radius 3 is 2.23 bits per heavy atom. The Kier molecular flexibility index (Phi) is 6.67. The first-order valence-corrected chi connectivity index (χ1v) is 10.7. The quantitative estimate of drug-likeness (QED) is 0.603. The van der Waals surface area contributed by atoms with Gasteiger partial charge < -0.3 is 0 Å². The molecule has 2 aromatic carbocycles. The molecule has 1 saturated heterocycles. The highest BCUT2D eigenvalue weighted by atomic mass is 15.6. The summed E-state index contributed by atoms with van der Waals surface area (Å²) in [5.41, 5.74) is 2.49. The molecule has 1 aliphatic heterocycles. The van der Waals surface area contributed by atoms with Gasteiger partial charge in [0.1, 0.15) is 0 Å². The average Bonchev–Trinajstić information content (AvgIpc) is 3.26. The van der Waals surface area contributed by atoms with Crippen molar-refractivity contribution in [3.63, 3.8) is 0 Å². The van der Waals surface area contributed by atoms with Crippen LogP contribution >= 0.6 is 0 Å². The minimum atomic E-state index is 0.0746. The molecule has 2 heterocycles. The Morgan fingerprint density at radius 2 is 1.57 bits per heavy atom. The third-order valence-corrected chi connectivity index (χ3v) is 5.61. The number of tetrazole rings is 1. The molecular weight excluding hydrogens is 372 g/mol. The Balaban J connectivity index is 1.45. The maximum absolute atomic E-state index is 4.43. The van der Waals surface area contributed by atoms with Crippen LogP contribution in [0.1, 0.15) is 42.9 Å². The second-order valence-corrected chi connectivity index (χ2v) is 8.04. The lowest BCUT2D eigenvalue weighted by molar-refractivity contribution is 0.112. The van der Waals surface area contributed by atoms with E-state index in [0.717, 1.165) is 38.5 Å². The number of nitrogens with zero attached hydrogens (tertiary/aromatic N) is 6. The van der Waals surface area contributed by atoms with Crippen LogP contribution in [-0.2, 0) is 0 Å². The molecule has 0 unspecified atom stereocenters. The van der Waals surface area contributed by atoms with Crippen molar-refractivity contribution in [3.8, 4) is 0 Å². The summed E-state index contributed by atoms with van der Waals surface area (Å²) in [7, 11) is 0. The highest BCUT2D eigenvalue weighted by Crippen LogP contribution is 2.29. The second-order valence-electron chi connectivity index (χ2n) is 8.04. The Bertz CT molecular complexity index is 927. The third-order valence-electron chi connectivity index (χ3n) is 5.61. The van der Waals surface area contributed by atoms with Crippen LogP contribution in [0.2, 0.25) is 0 Å². The van der Waals surface area contributed by atoms with Crippen molar-refractivity contribution in [1.29, 1.82) is 0 Å². The molecule has 1 aliphatic rings. The lowest BCUT2D eigenvalue weighted by Gasteiger charge is -2.38. The number of benzene rings is 2. The molecule has 0 bridgehead atoms. The first-order valence-electron chi connectivity index (χ1n) is 10.7. The number of aromatic nitrogens is 4. The van der Waals surface area contributed by atoms with E-state index in [9.17, 15) is 0 Å².